The fourth-order valence-electron chi connectivity index (χ4n) is 9.77. The van der Waals surface area contributed by atoms with Crippen LogP contribution in [0.1, 0.15) is 335 Å². The molecule has 0 bridgehead atoms. The number of ether oxygens (including phenoxy) is 3. The maximum atomic E-state index is 12.9. The summed E-state index contributed by atoms with van der Waals surface area (Å²) >= 11 is 0. The minimum Gasteiger partial charge on any atom is -0.462 e. The fraction of sp³-hybridized carbons (Fsp3) is 0.724. The maximum absolute atomic E-state index is 12.9. The van der Waals surface area contributed by atoms with Crippen LogP contribution < -0.4 is 0 Å². The molecule has 0 amide bonds. The number of carbonyl (C=O) groups excluding carboxylic acids is 3. The van der Waals surface area contributed by atoms with Gasteiger partial charge in [-0.3, -0.25) is 14.4 Å². The molecule has 0 spiro atoms. The predicted molar refractivity (Wildman–Crippen MR) is 357 cm³/mol. The zero-order chi connectivity index (χ0) is 59.2. The summed E-state index contributed by atoms with van der Waals surface area (Å²) in [4.78, 5) is 38.5. The zero-order valence-corrected chi connectivity index (χ0v) is 54.0. The van der Waals surface area contributed by atoms with Gasteiger partial charge >= 0.3 is 17.9 Å². The number of unbranched alkanes of at least 4 members (excludes halogenated alkanes) is 34. The average Bonchev–Trinajstić information content (AvgIpc) is 3.47. The van der Waals surface area contributed by atoms with Crippen molar-refractivity contribution in [2.75, 3.05) is 13.2 Å². The smallest absolute Gasteiger partial charge is 0.306 e. The molecule has 0 N–H and O–H groups in total. The van der Waals surface area contributed by atoms with E-state index in [-0.39, 0.29) is 31.1 Å². The number of esters is 3. The number of hydrogen-bond donors (Lipinski definition) is 0. The molecule has 6 nitrogen and oxygen atoms in total. The van der Waals surface area contributed by atoms with Crippen molar-refractivity contribution in [1.82, 2.24) is 0 Å². The van der Waals surface area contributed by atoms with Crippen LogP contribution in [-0.2, 0) is 28.6 Å². The Kier molecular flexibility index (Phi) is 66.2. The molecule has 0 radical (unpaired) electrons. The first-order valence-corrected chi connectivity index (χ1v) is 34.9. The van der Waals surface area contributed by atoms with Gasteiger partial charge in [-0.2, -0.15) is 0 Å². The van der Waals surface area contributed by atoms with Crippen molar-refractivity contribution in [3.63, 3.8) is 0 Å². The second-order valence-electron chi connectivity index (χ2n) is 23.1. The van der Waals surface area contributed by atoms with Crippen LogP contribution in [0.25, 0.3) is 0 Å². The predicted octanol–water partition coefficient (Wildman–Crippen LogP) is 24.2. The van der Waals surface area contributed by atoms with Crippen LogP contribution in [0.3, 0.4) is 0 Å². The van der Waals surface area contributed by atoms with E-state index in [2.05, 4.69) is 130 Å². The Morgan fingerprint density at radius 2 is 0.476 bits per heavy atom. The van der Waals surface area contributed by atoms with E-state index in [0.29, 0.717) is 19.3 Å². The number of allylic oxidation sites excluding steroid dienone is 18. The standard InChI is InChI=1S/C76H130O6/c1-4-7-10-13-16-19-22-25-28-31-33-34-35-36-37-38-39-40-41-42-43-46-48-51-54-57-60-63-66-69-75(78)81-72-73(71-80-74(77)68-65-62-59-56-53-50-47-44-30-27-24-21-18-15-12-9-6-3)82-76(79)70-67-64-61-58-55-52-49-45-32-29-26-23-20-17-14-11-8-5-2/h7,10,16,19,25,27-30,32-34,36-37,39-40,42-43,73H,4-6,8-9,11-15,17-18,20-24,26,31,35,38,41,44-72H2,1-3H3/b10-7-,19-16-,28-25-,30-27-,32-29-,34-33-,37-36-,40-39-,43-42-. The first-order valence-electron chi connectivity index (χ1n) is 34.9. The molecule has 0 aromatic heterocycles. The highest BCUT2D eigenvalue weighted by atomic mass is 16.6. The van der Waals surface area contributed by atoms with E-state index in [9.17, 15) is 14.4 Å². The van der Waals surface area contributed by atoms with Gasteiger partial charge in [-0.05, 0) is 128 Å². The van der Waals surface area contributed by atoms with Gasteiger partial charge in [-0.15, -0.1) is 0 Å². The van der Waals surface area contributed by atoms with Crippen LogP contribution >= 0.6 is 0 Å². The molecule has 6 heteroatoms. The van der Waals surface area contributed by atoms with E-state index in [0.717, 1.165) is 109 Å². The summed E-state index contributed by atoms with van der Waals surface area (Å²) in [6.45, 7) is 6.54. The fourth-order valence-corrected chi connectivity index (χ4v) is 9.77. The van der Waals surface area contributed by atoms with Gasteiger partial charge in [-0.1, -0.05) is 297 Å². The summed E-state index contributed by atoms with van der Waals surface area (Å²) in [6.07, 6.45) is 95.3. The van der Waals surface area contributed by atoms with E-state index >= 15 is 0 Å². The third-order valence-electron chi connectivity index (χ3n) is 15.0. The van der Waals surface area contributed by atoms with Gasteiger partial charge < -0.3 is 14.2 Å². The van der Waals surface area contributed by atoms with E-state index < -0.39 is 6.10 Å². The molecule has 470 valence electrons. The minimum absolute atomic E-state index is 0.0845. The Hall–Kier alpha value is -3.93. The van der Waals surface area contributed by atoms with Gasteiger partial charge in [0.25, 0.3) is 0 Å². The highest BCUT2D eigenvalue weighted by Crippen LogP contribution is 2.16. The van der Waals surface area contributed by atoms with Crippen molar-refractivity contribution >= 4 is 17.9 Å². The molecular formula is C76H130O6. The monoisotopic (exact) mass is 1140 g/mol. The number of rotatable bonds is 63. The second kappa shape index (κ2) is 69.6. The lowest BCUT2D eigenvalue weighted by Crippen LogP contribution is -2.30. The third-order valence-corrected chi connectivity index (χ3v) is 15.0. The Morgan fingerprint density at radius 3 is 0.756 bits per heavy atom. The molecule has 0 rings (SSSR count). The van der Waals surface area contributed by atoms with Crippen LogP contribution in [0.15, 0.2) is 109 Å². The molecule has 1 atom stereocenters. The zero-order valence-electron chi connectivity index (χ0n) is 54.0. The van der Waals surface area contributed by atoms with Crippen molar-refractivity contribution in [1.29, 1.82) is 0 Å². The van der Waals surface area contributed by atoms with Crippen molar-refractivity contribution < 1.29 is 28.6 Å². The van der Waals surface area contributed by atoms with Crippen molar-refractivity contribution in [2.45, 2.75) is 341 Å². The van der Waals surface area contributed by atoms with Crippen molar-refractivity contribution in [3.8, 4) is 0 Å². The number of hydrogen-bond acceptors (Lipinski definition) is 6. The van der Waals surface area contributed by atoms with E-state index in [1.165, 1.54) is 186 Å². The van der Waals surface area contributed by atoms with Gasteiger partial charge in [0.15, 0.2) is 6.10 Å². The lowest BCUT2D eigenvalue weighted by atomic mass is 10.1. The van der Waals surface area contributed by atoms with Crippen LogP contribution in [-0.4, -0.2) is 37.2 Å². The molecule has 0 aliphatic rings. The van der Waals surface area contributed by atoms with Gasteiger partial charge in [-0.25, -0.2) is 0 Å². The van der Waals surface area contributed by atoms with Crippen LogP contribution in [0, 0.1) is 0 Å². The Labute approximate surface area is 508 Å². The molecule has 0 saturated carbocycles. The summed E-state index contributed by atoms with van der Waals surface area (Å²) in [6, 6.07) is 0. The summed E-state index contributed by atoms with van der Waals surface area (Å²) in [7, 11) is 0. The summed E-state index contributed by atoms with van der Waals surface area (Å²) in [5.41, 5.74) is 0. The molecule has 0 aromatic carbocycles. The maximum Gasteiger partial charge on any atom is 0.306 e. The lowest BCUT2D eigenvalue weighted by molar-refractivity contribution is -0.167. The quantitative estimate of drug-likeness (QED) is 0.0261. The largest absolute Gasteiger partial charge is 0.462 e. The van der Waals surface area contributed by atoms with Gasteiger partial charge in [0.2, 0.25) is 0 Å². The molecule has 0 aliphatic carbocycles. The summed E-state index contributed by atoms with van der Waals surface area (Å²) in [5.74, 6) is -0.892. The van der Waals surface area contributed by atoms with Gasteiger partial charge in [0.1, 0.15) is 13.2 Å². The molecule has 0 heterocycles. The normalized spacial score (nSPS) is 12.8. The SMILES string of the molecule is CC/C=C\C/C=C\C/C=C\C/C=C\C/C=C\C/C=C\C/C=C\CCCCCCCCCC(=O)OCC(COC(=O)CCCCCCCCC/C=C\CCCCCCCC)OC(=O)CCCCCCCCC/C=C\CCCCCCCCC. The van der Waals surface area contributed by atoms with Crippen molar-refractivity contribution in [3.05, 3.63) is 109 Å². The van der Waals surface area contributed by atoms with E-state index in [1.807, 2.05) is 0 Å². The van der Waals surface area contributed by atoms with Gasteiger partial charge in [0.05, 0.1) is 0 Å². The van der Waals surface area contributed by atoms with E-state index in [4.69, 9.17) is 14.2 Å². The van der Waals surface area contributed by atoms with Gasteiger partial charge in [0, 0.05) is 19.3 Å². The molecule has 0 fully saturated rings. The molecule has 1 unspecified atom stereocenters. The Balaban J connectivity index is 4.37. The summed E-state index contributed by atoms with van der Waals surface area (Å²) < 4.78 is 17.0. The average molecular weight is 1140 g/mol. The molecule has 0 aliphatic heterocycles. The molecule has 0 saturated heterocycles. The lowest BCUT2D eigenvalue weighted by Gasteiger charge is -2.18. The summed E-state index contributed by atoms with van der Waals surface area (Å²) in [5, 5.41) is 0. The Bertz CT molecular complexity index is 1640. The van der Waals surface area contributed by atoms with Crippen LogP contribution in [0.4, 0.5) is 0 Å². The first kappa shape index (κ1) is 78.1. The van der Waals surface area contributed by atoms with Crippen molar-refractivity contribution in [2.24, 2.45) is 0 Å². The highest BCUT2D eigenvalue weighted by Gasteiger charge is 2.19. The first-order chi connectivity index (χ1) is 40.5. The Morgan fingerprint density at radius 1 is 0.256 bits per heavy atom. The molecule has 82 heavy (non-hydrogen) atoms. The third kappa shape index (κ3) is 66.9. The topological polar surface area (TPSA) is 78.9 Å². The highest BCUT2D eigenvalue weighted by molar-refractivity contribution is 5.71. The molecular weight excluding hydrogens is 1010 g/mol. The van der Waals surface area contributed by atoms with Crippen LogP contribution in [0.5, 0.6) is 0 Å². The van der Waals surface area contributed by atoms with Crippen LogP contribution in [0.2, 0.25) is 0 Å². The minimum atomic E-state index is -0.790. The van der Waals surface area contributed by atoms with E-state index in [1.54, 1.807) is 0 Å². The number of carbonyl (C=O) groups is 3. The molecule has 0 aromatic rings. The second-order valence-corrected chi connectivity index (χ2v) is 23.1.